The third kappa shape index (κ3) is 4.35. The first-order chi connectivity index (χ1) is 12.3. The van der Waals surface area contributed by atoms with E-state index in [1.165, 1.54) is 11.3 Å². The molecule has 1 N–H and O–H groups in total. The average Bonchev–Trinajstić information content (AvgIpc) is 2.98. The molecule has 0 atom stereocenters. The van der Waals surface area contributed by atoms with Crippen molar-refractivity contribution in [3.8, 4) is 0 Å². The largest absolute Gasteiger partial charge is 0.369 e. The molecule has 1 saturated heterocycles. The van der Waals surface area contributed by atoms with E-state index < -0.39 is 0 Å². The van der Waals surface area contributed by atoms with Crippen LogP contribution in [0.2, 0.25) is 5.02 Å². The van der Waals surface area contributed by atoms with E-state index >= 15 is 0 Å². The Labute approximate surface area is 168 Å². The van der Waals surface area contributed by atoms with Crippen molar-refractivity contribution in [2.24, 2.45) is 0 Å². The van der Waals surface area contributed by atoms with Crippen LogP contribution in [0.25, 0.3) is 0 Å². The van der Waals surface area contributed by atoms with Gasteiger partial charge in [-0.1, -0.05) is 32.4 Å². The number of aryl methyl sites for hydroxylation is 1. The van der Waals surface area contributed by atoms with Crippen molar-refractivity contribution in [1.29, 1.82) is 0 Å². The van der Waals surface area contributed by atoms with Crippen LogP contribution < -0.4 is 10.2 Å². The number of halogens is 1. The molecule has 0 bridgehead atoms. The second kappa shape index (κ2) is 7.79. The second-order valence-corrected chi connectivity index (χ2v) is 10.0. The van der Waals surface area contributed by atoms with Crippen molar-refractivity contribution in [1.82, 2.24) is 4.98 Å². The summed E-state index contributed by atoms with van der Waals surface area (Å²) >= 11 is 9.90. The number of rotatable bonds is 3. The Balaban J connectivity index is 1.75. The SMILES string of the molecule is Cc1nc(C(C)(C)C)sc1C(=O)Nc1ccc(N2CCSCC2)c(Cl)c1. The number of aromatic nitrogens is 1. The highest BCUT2D eigenvalue weighted by Crippen LogP contribution is 2.32. The van der Waals surface area contributed by atoms with Crippen LogP contribution in [0.15, 0.2) is 18.2 Å². The lowest BCUT2D eigenvalue weighted by Gasteiger charge is -2.29. The number of thioether (sulfide) groups is 1. The van der Waals surface area contributed by atoms with E-state index in [9.17, 15) is 4.79 Å². The van der Waals surface area contributed by atoms with Gasteiger partial charge in [0.2, 0.25) is 0 Å². The van der Waals surface area contributed by atoms with Crippen LogP contribution in [0.5, 0.6) is 0 Å². The lowest BCUT2D eigenvalue weighted by molar-refractivity contribution is 0.103. The number of carbonyl (C=O) groups excluding carboxylic acids is 1. The maximum absolute atomic E-state index is 12.7. The van der Waals surface area contributed by atoms with Crippen LogP contribution in [-0.4, -0.2) is 35.5 Å². The summed E-state index contributed by atoms with van der Waals surface area (Å²) in [6, 6.07) is 5.74. The summed E-state index contributed by atoms with van der Waals surface area (Å²) in [6.45, 7) is 10.2. The normalized spacial score (nSPS) is 15.2. The Kier molecular flexibility index (Phi) is 5.85. The van der Waals surface area contributed by atoms with E-state index in [1.54, 1.807) is 0 Å². The number of hydrogen-bond donors (Lipinski definition) is 1. The van der Waals surface area contributed by atoms with E-state index in [0.717, 1.165) is 41.0 Å². The fourth-order valence-electron chi connectivity index (χ4n) is 2.76. The van der Waals surface area contributed by atoms with Gasteiger partial charge in [-0.3, -0.25) is 4.79 Å². The van der Waals surface area contributed by atoms with Gasteiger partial charge in [0.1, 0.15) is 4.88 Å². The van der Waals surface area contributed by atoms with E-state index in [4.69, 9.17) is 11.6 Å². The molecule has 3 rings (SSSR count). The summed E-state index contributed by atoms with van der Waals surface area (Å²) in [5.41, 5.74) is 2.45. The topological polar surface area (TPSA) is 45.2 Å². The first-order valence-electron chi connectivity index (χ1n) is 8.67. The Morgan fingerprint density at radius 3 is 2.54 bits per heavy atom. The molecule has 1 fully saturated rings. The van der Waals surface area contributed by atoms with E-state index in [2.05, 4.69) is 36.0 Å². The number of benzene rings is 1. The minimum Gasteiger partial charge on any atom is -0.369 e. The monoisotopic (exact) mass is 409 g/mol. The first kappa shape index (κ1) is 19.5. The Bertz CT molecular complexity index is 808. The lowest BCUT2D eigenvalue weighted by Crippen LogP contribution is -2.32. The zero-order valence-electron chi connectivity index (χ0n) is 15.6. The zero-order valence-corrected chi connectivity index (χ0v) is 17.9. The predicted molar refractivity (Wildman–Crippen MR) is 114 cm³/mol. The summed E-state index contributed by atoms with van der Waals surface area (Å²) in [5.74, 6) is 2.11. The third-order valence-corrected chi connectivity index (χ3v) is 7.03. The van der Waals surface area contributed by atoms with Gasteiger partial charge in [0.15, 0.2) is 0 Å². The smallest absolute Gasteiger partial charge is 0.267 e. The van der Waals surface area contributed by atoms with Crippen molar-refractivity contribution in [2.45, 2.75) is 33.1 Å². The van der Waals surface area contributed by atoms with Crippen LogP contribution in [0.4, 0.5) is 11.4 Å². The summed E-state index contributed by atoms with van der Waals surface area (Å²) in [5, 5.41) is 4.60. The maximum atomic E-state index is 12.7. The Morgan fingerprint density at radius 1 is 1.27 bits per heavy atom. The number of hydrogen-bond acceptors (Lipinski definition) is 5. The van der Waals surface area contributed by atoms with Crippen molar-refractivity contribution >= 4 is 52.0 Å². The molecule has 0 spiro atoms. The molecule has 1 amide bonds. The van der Waals surface area contributed by atoms with Gasteiger partial charge in [-0.25, -0.2) is 4.98 Å². The van der Waals surface area contributed by atoms with Crippen molar-refractivity contribution < 1.29 is 4.79 Å². The molecular formula is C19H24ClN3OS2. The highest BCUT2D eigenvalue weighted by Gasteiger charge is 2.23. The van der Waals surface area contributed by atoms with Crippen LogP contribution in [-0.2, 0) is 5.41 Å². The third-order valence-electron chi connectivity index (χ3n) is 4.20. The molecule has 1 aliphatic heterocycles. The molecule has 26 heavy (non-hydrogen) atoms. The number of thiazole rings is 1. The molecule has 1 aromatic heterocycles. The molecule has 2 heterocycles. The van der Waals surface area contributed by atoms with Crippen molar-refractivity contribution in [3.63, 3.8) is 0 Å². The molecule has 0 aliphatic carbocycles. The molecule has 0 radical (unpaired) electrons. The van der Waals surface area contributed by atoms with Gasteiger partial charge in [-0.2, -0.15) is 11.8 Å². The minimum atomic E-state index is -0.131. The quantitative estimate of drug-likeness (QED) is 0.755. The van der Waals surface area contributed by atoms with E-state index in [-0.39, 0.29) is 11.3 Å². The van der Waals surface area contributed by atoms with Gasteiger partial charge < -0.3 is 10.2 Å². The number of nitrogens with one attached hydrogen (secondary N) is 1. The zero-order chi connectivity index (χ0) is 18.9. The maximum Gasteiger partial charge on any atom is 0.267 e. The highest BCUT2D eigenvalue weighted by molar-refractivity contribution is 7.99. The van der Waals surface area contributed by atoms with Crippen molar-refractivity contribution in [3.05, 3.63) is 38.8 Å². The molecule has 140 valence electrons. The number of nitrogens with zero attached hydrogens (tertiary/aromatic N) is 2. The average molecular weight is 410 g/mol. The number of carbonyl (C=O) groups is 1. The summed E-state index contributed by atoms with van der Waals surface area (Å²) in [7, 11) is 0. The molecule has 0 unspecified atom stereocenters. The number of anilines is 2. The fourth-order valence-corrected chi connectivity index (χ4v) is 4.98. The Hall–Kier alpha value is -1.24. The first-order valence-corrected chi connectivity index (χ1v) is 11.0. The molecule has 0 saturated carbocycles. The molecule has 2 aromatic rings. The lowest BCUT2D eigenvalue weighted by atomic mass is 9.98. The minimum absolute atomic E-state index is 0.0638. The number of amides is 1. The summed E-state index contributed by atoms with van der Waals surface area (Å²) in [6.07, 6.45) is 0. The van der Waals surface area contributed by atoms with Crippen LogP contribution in [0.1, 0.15) is 41.1 Å². The van der Waals surface area contributed by atoms with Crippen LogP contribution in [0, 0.1) is 6.92 Å². The molecular weight excluding hydrogens is 386 g/mol. The van der Waals surface area contributed by atoms with E-state index in [0.29, 0.717) is 15.6 Å². The second-order valence-electron chi connectivity index (χ2n) is 7.40. The standard InChI is InChI=1S/C19H24ClN3OS2/c1-12-16(26-18(21-12)19(2,3)4)17(24)22-13-5-6-15(14(20)11-13)23-7-9-25-10-8-23/h5-6,11H,7-10H2,1-4H3,(H,22,24). The van der Waals surface area contributed by atoms with Gasteiger partial charge in [-0.05, 0) is 25.1 Å². The Morgan fingerprint density at radius 2 is 1.96 bits per heavy atom. The molecule has 7 heteroatoms. The summed E-state index contributed by atoms with van der Waals surface area (Å²) in [4.78, 5) is 20.2. The van der Waals surface area contributed by atoms with E-state index in [1.807, 2.05) is 36.9 Å². The molecule has 1 aliphatic rings. The highest BCUT2D eigenvalue weighted by atomic mass is 35.5. The summed E-state index contributed by atoms with van der Waals surface area (Å²) < 4.78 is 0. The van der Waals surface area contributed by atoms with Crippen molar-refractivity contribution in [2.75, 3.05) is 34.8 Å². The van der Waals surface area contributed by atoms with Crippen LogP contribution >= 0.6 is 34.7 Å². The fraction of sp³-hybridized carbons (Fsp3) is 0.474. The van der Waals surface area contributed by atoms with Gasteiger partial charge in [0, 0.05) is 35.7 Å². The van der Waals surface area contributed by atoms with Gasteiger partial charge in [0.25, 0.3) is 5.91 Å². The van der Waals surface area contributed by atoms with Gasteiger partial charge in [0.05, 0.1) is 21.4 Å². The molecule has 1 aromatic carbocycles. The van der Waals surface area contributed by atoms with Gasteiger partial charge >= 0.3 is 0 Å². The van der Waals surface area contributed by atoms with Crippen LogP contribution in [0.3, 0.4) is 0 Å². The molecule has 4 nitrogen and oxygen atoms in total. The van der Waals surface area contributed by atoms with Gasteiger partial charge in [-0.15, -0.1) is 11.3 Å². The predicted octanol–water partition coefficient (Wildman–Crippen LogP) is 5.21.